The van der Waals surface area contributed by atoms with Gasteiger partial charge < -0.3 is 41.1 Å². The molecule has 0 rings (SSSR count). The molecule has 0 radical (unpaired) electrons. The van der Waals surface area contributed by atoms with E-state index in [0.29, 0.717) is 0 Å². The number of methoxy groups -OCH3 is 1. The molecule has 2 amide bonds. The molecular weight excluding hydrogens is 480 g/mol. The van der Waals surface area contributed by atoms with Gasteiger partial charge in [0.1, 0.15) is 18.2 Å². The molecule has 0 saturated carbocycles. The molecule has 11 nitrogen and oxygen atoms in total. The van der Waals surface area contributed by atoms with E-state index in [2.05, 4.69) is 5.32 Å². The van der Waals surface area contributed by atoms with E-state index >= 15 is 0 Å². The first kappa shape index (κ1) is 35.7. The van der Waals surface area contributed by atoms with Crippen LogP contribution in [0, 0.1) is 17.8 Å². The minimum atomic E-state index is -1.66. The maximum atomic E-state index is 13.6. The third kappa shape index (κ3) is 10.0. The molecule has 0 fully saturated rings. The highest BCUT2D eigenvalue weighted by atomic mass is 16.5. The minimum Gasteiger partial charge on any atom is -0.389 e. The molecule has 0 aliphatic rings. The van der Waals surface area contributed by atoms with Crippen molar-refractivity contribution >= 4 is 11.8 Å². The molecule has 0 bridgehead atoms. The molecule has 0 spiro atoms. The number of likely N-dealkylation sites (N-methyl/N-ethyl adjacent to an activating group) is 2. The third-order valence-corrected chi connectivity index (χ3v) is 7.02. The van der Waals surface area contributed by atoms with Crippen LogP contribution >= 0.6 is 0 Å². The normalized spacial score (nSPS) is 18.9. The Morgan fingerprint density at radius 1 is 0.892 bits per heavy atom. The lowest BCUT2D eigenvalue weighted by Gasteiger charge is -2.39. The van der Waals surface area contributed by atoms with Crippen LogP contribution in [0.25, 0.3) is 0 Å². The zero-order chi connectivity index (χ0) is 29.2. The number of rotatable bonds is 17. The molecule has 0 aliphatic heterocycles. The Kier molecular flexibility index (Phi) is 16.0. The average Bonchev–Trinajstić information content (AvgIpc) is 2.82. The van der Waals surface area contributed by atoms with Crippen molar-refractivity contribution in [3.05, 3.63) is 0 Å². The van der Waals surface area contributed by atoms with Crippen LogP contribution < -0.4 is 11.1 Å². The standard InChI is InChI=1S/C26H54N4O7/c1-11-19(37-10)21(15(4)5)30(9)26(36)20(14(2)3)28-25(35)22(16(6)7)29(8)13-18(32)24(34)23(33)17(31)12-27/h14-24,31-34H,11-13,27H2,1-10H3,(H,28,35). The number of carbonyl (C=O) groups is 2. The highest BCUT2D eigenvalue weighted by Gasteiger charge is 2.38. The Hall–Kier alpha value is -1.34. The van der Waals surface area contributed by atoms with Gasteiger partial charge in [0.2, 0.25) is 11.8 Å². The smallest absolute Gasteiger partial charge is 0.245 e. The number of nitrogens with two attached hydrogens (primary N) is 1. The maximum Gasteiger partial charge on any atom is 0.245 e. The van der Waals surface area contributed by atoms with Gasteiger partial charge in [-0.2, -0.15) is 0 Å². The van der Waals surface area contributed by atoms with Crippen molar-refractivity contribution in [1.82, 2.24) is 15.1 Å². The summed E-state index contributed by atoms with van der Waals surface area (Å²) in [5.41, 5.74) is 5.32. The maximum absolute atomic E-state index is 13.6. The second-order valence-electron chi connectivity index (χ2n) is 11.1. The quantitative estimate of drug-likeness (QED) is 0.143. The number of aliphatic hydroxyl groups is 4. The fraction of sp³-hybridized carbons (Fsp3) is 0.923. The molecule has 11 heteroatoms. The predicted octanol–water partition coefficient (Wildman–Crippen LogP) is -0.606. The van der Waals surface area contributed by atoms with E-state index in [1.54, 1.807) is 31.0 Å². The van der Waals surface area contributed by atoms with Gasteiger partial charge in [-0.25, -0.2) is 0 Å². The van der Waals surface area contributed by atoms with Crippen molar-refractivity contribution in [3.63, 3.8) is 0 Å². The van der Waals surface area contributed by atoms with Crippen LogP contribution in [0.2, 0.25) is 0 Å². The molecule has 0 aromatic rings. The van der Waals surface area contributed by atoms with E-state index in [-0.39, 0.29) is 54.8 Å². The molecule has 8 unspecified atom stereocenters. The van der Waals surface area contributed by atoms with Crippen molar-refractivity contribution < 1.29 is 34.8 Å². The fourth-order valence-electron chi connectivity index (χ4n) is 4.92. The highest BCUT2D eigenvalue weighted by Crippen LogP contribution is 2.21. The molecule has 0 aliphatic carbocycles. The number of carbonyl (C=O) groups excluding carboxylic acids is 2. The van der Waals surface area contributed by atoms with Gasteiger partial charge in [-0.1, -0.05) is 48.5 Å². The zero-order valence-electron chi connectivity index (χ0n) is 24.5. The number of hydrogen-bond acceptors (Lipinski definition) is 9. The van der Waals surface area contributed by atoms with Gasteiger partial charge in [-0.05, 0) is 31.2 Å². The van der Waals surface area contributed by atoms with Crippen LogP contribution in [0.15, 0.2) is 0 Å². The summed E-state index contributed by atoms with van der Waals surface area (Å²) >= 11 is 0. The number of nitrogens with one attached hydrogen (secondary N) is 1. The predicted molar refractivity (Wildman–Crippen MR) is 144 cm³/mol. The van der Waals surface area contributed by atoms with Gasteiger partial charge in [0.25, 0.3) is 0 Å². The number of hydrogen-bond donors (Lipinski definition) is 6. The summed E-state index contributed by atoms with van der Waals surface area (Å²) < 4.78 is 5.64. The first-order chi connectivity index (χ1) is 17.1. The topological polar surface area (TPSA) is 169 Å². The summed E-state index contributed by atoms with van der Waals surface area (Å²) in [7, 11) is 4.98. The molecule has 0 heterocycles. The second-order valence-corrected chi connectivity index (χ2v) is 11.1. The van der Waals surface area contributed by atoms with E-state index in [1.807, 2.05) is 48.5 Å². The summed E-state index contributed by atoms with van der Waals surface area (Å²) in [5.74, 6) is -0.847. The van der Waals surface area contributed by atoms with Gasteiger partial charge in [-0.3, -0.25) is 14.5 Å². The molecule has 7 N–H and O–H groups in total. The van der Waals surface area contributed by atoms with E-state index in [1.165, 1.54) is 0 Å². The van der Waals surface area contributed by atoms with E-state index < -0.39 is 36.5 Å². The Bertz CT molecular complexity index is 675. The van der Waals surface area contributed by atoms with Crippen molar-refractivity contribution in [2.75, 3.05) is 34.3 Å². The van der Waals surface area contributed by atoms with Crippen LogP contribution in [0.1, 0.15) is 54.9 Å². The fourth-order valence-corrected chi connectivity index (χ4v) is 4.92. The van der Waals surface area contributed by atoms with Gasteiger partial charge in [0.05, 0.1) is 30.4 Å². The van der Waals surface area contributed by atoms with Gasteiger partial charge in [0, 0.05) is 27.2 Å². The van der Waals surface area contributed by atoms with Crippen LogP contribution in [0.4, 0.5) is 0 Å². The number of ether oxygens (including phenoxy) is 1. The number of nitrogens with zero attached hydrogens (tertiary/aromatic N) is 2. The lowest BCUT2D eigenvalue weighted by Crippen LogP contribution is -2.60. The summed E-state index contributed by atoms with van der Waals surface area (Å²) in [6, 6.07) is -1.68. The zero-order valence-corrected chi connectivity index (χ0v) is 24.5. The molecule has 0 aromatic carbocycles. The van der Waals surface area contributed by atoms with Crippen LogP contribution in [0.3, 0.4) is 0 Å². The van der Waals surface area contributed by atoms with Crippen LogP contribution in [-0.4, -0.2) is 125 Å². The van der Waals surface area contributed by atoms with Crippen molar-refractivity contribution in [1.29, 1.82) is 0 Å². The molecule has 220 valence electrons. The van der Waals surface area contributed by atoms with E-state index in [0.717, 1.165) is 6.42 Å². The second kappa shape index (κ2) is 16.6. The molecular formula is C26H54N4O7. The minimum absolute atomic E-state index is 0.137. The van der Waals surface area contributed by atoms with E-state index in [4.69, 9.17) is 10.5 Å². The number of amides is 2. The molecule has 8 atom stereocenters. The summed E-state index contributed by atoms with van der Waals surface area (Å²) in [6.45, 7) is 13.1. The molecule has 0 aromatic heterocycles. The van der Waals surface area contributed by atoms with Crippen LogP contribution in [-0.2, 0) is 14.3 Å². The SMILES string of the molecule is CCC(OC)C(C(C)C)N(C)C(=O)C(NC(=O)C(C(C)C)N(C)CC(O)C(O)C(O)C(O)CN)C(C)C. The Morgan fingerprint density at radius 2 is 1.41 bits per heavy atom. The lowest BCUT2D eigenvalue weighted by molar-refractivity contribution is -0.144. The Balaban J connectivity index is 5.74. The van der Waals surface area contributed by atoms with Gasteiger partial charge in [-0.15, -0.1) is 0 Å². The number of aliphatic hydroxyl groups excluding tert-OH is 4. The van der Waals surface area contributed by atoms with Crippen LogP contribution in [0.5, 0.6) is 0 Å². The van der Waals surface area contributed by atoms with Crippen molar-refractivity contribution in [2.24, 2.45) is 23.5 Å². The monoisotopic (exact) mass is 534 g/mol. The highest BCUT2D eigenvalue weighted by molar-refractivity contribution is 5.90. The summed E-state index contributed by atoms with van der Waals surface area (Å²) in [5, 5.41) is 43.3. The third-order valence-electron chi connectivity index (χ3n) is 7.02. The Labute approximate surface area is 223 Å². The van der Waals surface area contributed by atoms with Crippen molar-refractivity contribution in [3.8, 4) is 0 Å². The molecule has 37 heavy (non-hydrogen) atoms. The Morgan fingerprint density at radius 3 is 1.78 bits per heavy atom. The summed E-state index contributed by atoms with van der Waals surface area (Å²) in [6.07, 6.45) is -5.54. The summed E-state index contributed by atoms with van der Waals surface area (Å²) in [4.78, 5) is 30.3. The largest absolute Gasteiger partial charge is 0.389 e. The average molecular weight is 535 g/mol. The van der Waals surface area contributed by atoms with Gasteiger partial charge in [0.15, 0.2) is 0 Å². The first-order valence-electron chi connectivity index (χ1n) is 13.3. The molecule has 0 saturated heterocycles. The lowest BCUT2D eigenvalue weighted by atomic mass is 9.93. The first-order valence-corrected chi connectivity index (χ1v) is 13.3. The van der Waals surface area contributed by atoms with Crippen molar-refractivity contribution in [2.45, 2.75) is 104 Å². The van der Waals surface area contributed by atoms with Gasteiger partial charge >= 0.3 is 0 Å². The van der Waals surface area contributed by atoms with E-state index in [9.17, 15) is 30.0 Å².